The maximum Gasteiger partial charge on any atom is 0.231 e. The highest BCUT2D eigenvalue weighted by Gasteiger charge is 2.35. The van der Waals surface area contributed by atoms with Crippen LogP contribution in [0, 0.1) is 11.8 Å². The number of hydrogen-bond donors (Lipinski definition) is 0. The predicted octanol–water partition coefficient (Wildman–Crippen LogP) is 0.908. The van der Waals surface area contributed by atoms with Gasteiger partial charge in [0.15, 0.2) is 0 Å². The van der Waals surface area contributed by atoms with Gasteiger partial charge in [0, 0.05) is 24.1 Å². The highest BCUT2D eigenvalue weighted by molar-refractivity contribution is 5.99. The zero-order valence-corrected chi connectivity index (χ0v) is 11.1. The lowest BCUT2D eigenvalue weighted by Gasteiger charge is -2.31. The molecule has 3 rings (SSSR count). The van der Waals surface area contributed by atoms with E-state index in [2.05, 4.69) is 0 Å². The Kier molecular flexibility index (Phi) is 3.30. The lowest BCUT2D eigenvalue weighted by Crippen LogP contribution is -2.45. The topological polar surface area (TPSA) is 60.4 Å². The molecule has 0 fully saturated rings. The molecule has 1 aliphatic heterocycles. The van der Waals surface area contributed by atoms with Gasteiger partial charge in [-0.05, 0) is 30.9 Å². The predicted molar refractivity (Wildman–Crippen MR) is 72.9 cm³/mol. The Balaban J connectivity index is 1.86. The van der Waals surface area contributed by atoms with Crippen molar-refractivity contribution in [2.24, 2.45) is 11.8 Å². The number of anilines is 1. The molecule has 0 saturated heterocycles. The first-order chi connectivity index (χ1) is 9.68. The molecule has 1 aromatic carbocycles. The number of hydrogen-bond acceptors (Lipinski definition) is 3. The average molecular weight is 270 g/mol. The van der Waals surface area contributed by atoms with Crippen molar-refractivity contribution in [2.45, 2.75) is 19.3 Å². The molecule has 0 saturated carbocycles. The molecule has 104 valence electrons. The molecule has 0 spiro atoms. The minimum Gasteiger partial charge on any atom is -0.550 e. The first kappa shape index (κ1) is 12.9. The van der Waals surface area contributed by atoms with Gasteiger partial charge in [-0.25, -0.2) is 0 Å². The van der Waals surface area contributed by atoms with Crippen LogP contribution >= 0.6 is 0 Å². The van der Waals surface area contributed by atoms with E-state index in [4.69, 9.17) is 0 Å². The van der Waals surface area contributed by atoms with Crippen LogP contribution in [0.5, 0.6) is 0 Å². The van der Waals surface area contributed by atoms with Crippen LogP contribution in [0.1, 0.15) is 18.4 Å². The molecule has 0 aromatic heterocycles. The minimum atomic E-state index is -1.12. The third-order valence-corrected chi connectivity index (χ3v) is 4.21. The summed E-state index contributed by atoms with van der Waals surface area (Å²) < 4.78 is 0. The maximum atomic E-state index is 12.7. The summed E-state index contributed by atoms with van der Waals surface area (Å²) in [5.74, 6) is -2.43. The van der Waals surface area contributed by atoms with Crippen molar-refractivity contribution in [1.82, 2.24) is 0 Å². The van der Waals surface area contributed by atoms with E-state index in [0.29, 0.717) is 19.4 Å². The lowest BCUT2D eigenvalue weighted by molar-refractivity contribution is -0.313. The van der Waals surface area contributed by atoms with Crippen LogP contribution in [0.25, 0.3) is 0 Å². The van der Waals surface area contributed by atoms with Gasteiger partial charge in [0.05, 0.1) is 5.92 Å². The number of amides is 1. The number of rotatable bonds is 2. The standard InChI is InChI=1S/C16H17NO3/c18-15(12-6-2-3-7-13(12)16(19)20)17-10-9-11-5-1-4-8-14(11)17/h1-5,8,12-13H,6-7,9-10H2,(H,19,20)/p-1/t12-,13+/m0/s1. The van der Waals surface area contributed by atoms with E-state index in [1.54, 1.807) is 4.90 Å². The number of para-hydroxylation sites is 1. The van der Waals surface area contributed by atoms with E-state index < -0.39 is 17.8 Å². The number of nitrogens with zero attached hydrogens (tertiary/aromatic N) is 1. The zero-order valence-electron chi connectivity index (χ0n) is 11.1. The number of carbonyl (C=O) groups is 2. The first-order valence-electron chi connectivity index (χ1n) is 6.93. The van der Waals surface area contributed by atoms with Crippen LogP contribution < -0.4 is 10.0 Å². The molecule has 4 heteroatoms. The van der Waals surface area contributed by atoms with Crippen LogP contribution in [-0.4, -0.2) is 18.4 Å². The second-order valence-corrected chi connectivity index (χ2v) is 5.34. The minimum absolute atomic E-state index is 0.0894. The van der Waals surface area contributed by atoms with Gasteiger partial charge in [-0.3, -0.25) is 4.79 Å². The quantitative estimate of drug-likeness (QED) is 0.750. The van der Waals surface area contributed by atoms with Crippen molar-refractivity contribution in [1.29, 1.82) is 0 Å². The Bertz CT molecular complexity index is 579. The van der Waals surface area contributed by atoms with Crippen molar-refractivity contribution in [2.75, 3.05) is 11.4 Å². The Morgan fingerprint density at radius 1 is 1.10 bits per heavy atom. The van der Waals surface area contributed by atoms with Gasteiger partial charge in [-0.15, -0.1) is 0 Å². The summed E-state index contributed by atoms with van der Waals surface area (Å²) in [6.45, 7) is 0.637. The molecule has 0 N–H and O–H groups in total. The van der Waals surface area contributed by atoms with E-state index >= 15 is 0 Å². The number of carboxylic acid groups (broad SMARTS) is 1. The maximum absolute atomic E-state index is 12.7. The Morgan fingerprint density at radius 3 is 2.55 bits per heavy atom. The number of benzene rings is 1. The van der Waals surface area contributed by atoms with Crippen molar-refractivity contribution in [3.05, 3.63) is 42.0 Å². The molecule has 2 aliphatic rings. The summed E-state index contributed by atoms with van der Waals surface area (Å²) in [5.41, 5.74) is 2.07. The van der Waals surface area contributed by atoms with E-state index in [0.717, 1.165) is 17.7 Å². The molecule has 0 bridgehead atoms. The largest absolute Gasteiger partial charge is 0.550 e. The van der Waals surface area contributed by atoms with Gasteiger partial charge in [-0.1, -0.05) is 30.4 Å². The number of carboxylic acids is 1. The third-order valence-electron chi connectivity index (χ3n) is 4.21. The summed E-state index contributed by atoms with van der Waals surface area (Å²) in [6.07, 6.45) is 5.41. The van der Waals surface area contributed by atoms with Crippen molar-refractivity contribution < 1.29 is 14.7 Å². The van der Waals surface area contributed by atoms with Crippen LogP contribution in [0.3, 0.4) is 0 Å². The Hall–Kier alpha value is -2.10. The number of fused-ring (bicyclic) bond motifs is 1. The highest BCUT2D eigenvalue weighted by atomic mass is 16.4. The molecule has 4 nitrogen and oxygen atoms in total. The molecule has 1 heterocycles. The molecule has 20 heavy (non-hydrogen) atoms. The highest BCUT2D eigenvalue weighted by Crippen LogP contribution is 2.33. The van der Waals surface area contributed by atoms with Crippen molar-refractivity contribution in [3.8, 4) is 0 Å². The second-order valence-electron chi connectivity index (χ2n) is 5.34. The van der Waals surface area contributed by atoms with E-state index in [1.165, 1.54) is 0 Å². The second kappa shape index (κ2) is 5.12. The molecule has 0 radical (unpaired) electrons. The molecule has 1 amide bonds. The van der Waals surface area contributed by atoms with Crippen LogP contribution in [0.2, 0.25) is 0 Å². The zero-order chi connectivity index (χ0) is 14.1. The van der Waals surface area contributed by atoms with Crippen molar-refractivity contribution in [3.63, 3.8) is 0 Å². The Morgan fingerprint density at radius 2 is 1.80 bits per heavy atom. The summed E-state index contributed by atoms with van der Waals surface area (Å²) in [7, 11) is 0. The van der Waals surface area contributed by atoms with Crippen LogP contribution in [-0.2, 0) is 16.0 Å². The summed E-state index contributed by atoms with van der Waals surface area (Å²) >= 11 is 0. The fourth-order valence-electron chi connectivity index (χ4n) is 3.11. The van der Waals surface area contributed by atoms with E-state index in [9.17, 15) is 14.7 Å². The van der Waals surface area contributed by atoms with Gasteiger partial charge >= 0.3 is 0 Å². The smallest absolute Gasteiger partial charge is 0.231 e. The van der Waals surface area contributed by atoms with Gasteiger partial charge in [0.1, 0.15) is 0 Å². The number of carbonyl (C=O) groups excluding carboxylic acids is 2. The Labute approximate surface area is 117 Å². The molecule has 2 atom stereocenters. The van der Waals surface area contributed by atoms with Crippen LogP contribution in [0.4, 0.5) is 5.69 Å². The molecule has 0 unspecified atom stereocenters. The third kappa shape index (κ3) is 2.11. The monoisotopic (exact) mass is 270 g/mol. The first-order valence-corrected chi connectivity index (χ1v) is 6.93. The molecular weight excluding hydrogens is 254 g/mol. The fraction of sp³-hybridized carbons (Fsp3) is 0.375. The van der Waals surface area contributed by atoms with Gasteiger partial charge in [-0.2, -0.15) is 0 Å². The summed E-state index contributed by atoms with van der Waals surface area (Å²) in [6, 6.07) is 7.80. The van der Waals surface area contributed by atoms with Gasteiger partial charge in [0.2, 0.25) is 5.91 Å². The van der Waals surface area contributed by atoms with Crippen LogP contribution in [0.15, 0.2) is 36.4 Å². The lowest BCUT2D eigenvalue weighted by atomic mass is 9.82. The van der Waals surface area contributed by atoms with Gasteiger partial charge < -0.3 is 14.8 Å². The molecule has 1 aromatic rings. The summed E-state index contributed by atoms with van der Waals surface area (Å²) in [4.78, 5) is 25.6. The van der Waals surface area contributed by atoms with Gasteiger partial charge in [0.25, 0.3) is 0 Å². The number of aliphatic carboxylic acids is 1. The molecule has 1 aliphatic carbocycles. The fourth-order valence-corrected chi connectivity index (χ4v) is 3.11. The SMILES string of the molecule is O=C([O-])[C@@H]1CC=CC[C@@H]1C(=O)N1CCc2ccccc21. The average Bonchev–Trinajstić information content (AvgIpc) is 2.90. The normalized spacial score (nSPS) is 24.5. The van der Waals surface area contributed by atoms with Crippen molar-refractivity contribution >= 4 is 17.6 Å². The summed E-state index contributed by atoms with van der Waals surface area (Å²) in [5, 5.41) is 11.2. The van der Waals surface area contributed by atoms with E-state index in [-0.39, 0.29) is 5.91 Å². The van der Waals surface area contributed by atoms with E-state index in [1.807, 2.05) is 36.4 Å². The molecular formula is C16H16NO3-. The number of allylic oxidation sites excluding steroid dienone is 2.